The van der Waals surface area contributed by atoms with Crippen LogP contribution < -0.4 is 14.2 Å². The number of thioether (sulfide) groups is 1. The molecule has 1 saturated heterocycles. The summed E-state index contributed by atoms with van der Waals surface area (Å²) in [6, 6.07) is 14.8. The maximum absolute atomic E-state index is 13.3. The van der Waals surface area contributed by atoms with Crippen molar-refractivity contribution in [2.75, 3.05) is 26.6 Å². The third-order valence-corrected chi connectivity index (χ3v) is 6.97. The van der Waals surface area contributed by atoms with Crippen LogP contribution in [0.25, 0.3) is 0 Å². The van der Waals surface area contributed by atoms with E-state index < -0.39 is 11.6 Å². The minimum Gasteiger partial charge on any atom is -0.494 e. The molecule has 2 atom stereocenters. The summed E-state index contributed by atoms with van der Waals surface area (Å²) in [5, 5.41) is 22.1. The zero-order valence-corrected chi connectivity index (χ0v) is 18.9. The molecule has 32 heavy (non-hydrogen) atoms. The maximum atomic E-state index is 13.3. The van der Waals surface area contributed by atoms with E-state index in [0.717, 1.165) is 0 Å². The Morgan fingerprint density at radius 3 is 2.59 bits per heavy atom. The van der Waals surface area contributed by atoms with Crippen LogP contribution in [-0.2, 0) is 10.5 Å². The lowest BCUT2D eigenvalue weighted by Gasteiger charge is -2.38. The van der Waals surface area contributed by atoms with Crippen molar-refractivity contribution in [3.05, 3.63) is 64.2 Å². The first-order valence-corrected chi connectivity index (χ1v) is 11.2. The van der Waals surface area contributed by atoms with Gasteiger partial charge in [-0.1, -0.05) is 24.3 Å². The quantitative estimate of drug-likeness (QED) is 0.714. The van der Waals surface area contributed by atoms with Crippen LogP contribution in [0.1, 0.15) is 30.4 Å². The smallest absolute Gasteiger partial charge is 0.231 e. The van der Waals surface area contributed by atoms with Crippen LogP contribution in [0.4, 0.5) is 0 Å². The van der Waals surface area contributed by atoms with Crippen LogP contribution in [0.15, 0.2) is 53.1 Å². The zero-order chi connectivity index (χ0) is 22.9. The van der Waals surface area contributed by atoms with E-state index in [9.17, 15) is 15.2 Å². The van der Waals surface area contributed by atoms with Gasteiger partial charge in [0.15, 0.2) is 17.2 Å². The number of carbonyl (C=O) groups excluding carboxylic acids is 1. The van der Waals surface area contributed by atoms with E-state index in [-0.39, 0.29) is 18.1 Å². The minimum atomic E-state index is -1.53. The Labute approximate surface area is 191 Å². The summed E-state index contributed by atoms with van der Waals surface area (Å²) in [4.78, 5) is 14.7. The first-order valence-electron chi connectivity index (χ1n) is 10.2. The number of hydrogen-bond acceptors (Lipinski definition) is 7. The summed E-state index contributed by atoms with van der Waals surface area (Å²) in [5.74, 6) is 1.21. The van der Waals surface area contributed by atoms with Crippen LogP contribution in [0.5, 0.6) is 17.2 Å². The number of rotatable bonds is 6. The van der Waals surface area contributed by atoms with Crippen molar-refractivity contribution >= 4 is 17.7 Å². The van der Waals surface area contributed by atoms with Gasteiger partial charge >= 0.3 is 0 Å². The molecule has 1 N–H and O–H groups in total. The van der Waals surface area contributed by atoms with Gasteiger partial charge in [0.1, 0.15) is 5.75 Å². The van der Waals surface area contributed by atoms with Gasteiger partial charge in [0.2, 0.25) is 5.91 Å². The number of para-hydroxylation sites is 1. The van der Waals surface area contributed by atoms with Gasteiger partial charge in [-0.25, -0.2) is 0 Å². The fraction of sp³-hybridized carbons (Fsp3) is 0.333. The maximum Gasteiger partial charge on any atom is 0.231 e. The molecule has 0 radical (unpaired) electrons. The van der Waals surface area contributed by atoms with Gasteiger partial charge in [0.05, 0.1) is 43.3 Å². The van der Waals surface area contributed by atoms with E-state index in [4.69, 9.17) is 14.2 Å². The molecule has 2 aromatic rings. The lowest BCUT2D eigenvalue weighted by Crippen LogP contribution is -2.48. The first-order chi connectivity index (χ1) is 15.5. The molecule has 4 rings (SSSR count). The Morgan fingerprint density at radius 2 is 1.97 bits per heavy atom. The predicted octanol–water partition coefficient (Wildman–Crippen LogP) is 3.75. The highest BCUT2D eigenvalue weighted by Gasteiger charge is 2.52. The second-order valence-corrected chi connectivity index (χ2v) is 8.43. The Bertz CT molecular complexity index is 1110. The van der Waals surface area contributed by atoms with Gasteiger partial charge in [-0.3, -0.25) is 9.69 Å². The Hall–Kier alpha value is -3.15. The summed E-state index contributed by atoms with van der Waals surface area (Å²) in [6.07, 6.45) is 0.0375. The highest BCUT2D eigenvalue weighted by Crippen LogP contribution is 2.53. The van der Waals surface area contributed by atoms with Crippen molar-refractivity contribution in [3.63, 3.8) is 0 Å². The number of hydrogen-bond donors (Lipinski definition) is 1. The average molecular weight is 453 g/mol. The zero-order valence-electron chi connectivity index (χ0n) is 18.1. The molecule has 0 unspecified atom stereocenters. The van der Waals surface area contributed by atoms with Crippen LogP contribution in [0.2, 0.25) is 0 Å². The SMILES string of the molecule is CCOc1ccc([C@]2(O)CSC3=C(C#N)[C@H](c4cccc(OC)c4OC)CC(=O)N32)cc1. The lowest BCUT2D eigenvalue weighted by atomic mass is 9.84. The highest BCUT2D eigenvalue weighted by atomic mass is 32.2. The largest absolute Gasteiger partial charge is 0.494 e. The number of amides is 1. The van der Waals surface area contributed by atoms with Gasteiger partial charge in [0.25, 0.3) is 0 Å². The third-order valence-electron chi connectivity index (χ3n) is 5.75. The summed E-state index contributed by atoms with van der Waals surface area (Å²) in [5.41, 5.74) is 0.184. The van der Waals surface area contributed by atoms with E-state index in [1.54, 1.807) is 37.4 Å². The van der Waals surface area contributed by atoms with Crippen molar-refractivity contribution in [2.45, 2.75) is 25.0 Å². The summed E-state index contributed by atoms with van der Waals surface area (Å²) in [6.45, 7) is 2.44. The Morgan fingerprint density at radius 1 is 1.22 bits per heavy atom. The molecule has 2 aliphatic rings. The molecule has 7 nitrogen and oxygen atoms in total. The Balaban J connectivity index is 1.78. The molecule has 1 fully saturated rings. The van der Waals surface area contributed by atoms with Crippen LogP contribution in [-0.4, -0.2) is 42.5 Å². The molecule has 0 aromatic heterocycles. The molecular formula is C24H24N2O5S. The molecule has 1 amide bonds. The molecule has 0 bridgehead atoms. The van der Waals surface area contributed by atoms with E-state index in [1.807, 2.05) is 19.1 Å². The van der Waals surface area contributed by atoms with Crippen molar-refractivity contribution in [1.29, 1.82) is 5.26 Å². The van der Waals surface area contributed by atoms with Crippen molar-refractivity contribution in [3.8, 4) is 23.3 Å². The minimum absolute atomic E-state index is 0.0375. The van der Waals surface area contributed by atoms with Gasteiger partial charge in [0, 0.05) is 23.5 Å². The number of nitriles is 1. The molecule has 166 valence electrons. The van der Waals surface area contributed by atoms with Crippen LogP contribution >= 0.6 is 11.8 Å². The number of allylic oxidation sites excluding steroid dienone is 1. The second-order valence-electron chi connectivity index (χ2n) is 7.46. The summed E-state index contributed by atoms with van der Waals surface area (Å²) in [7, 11) is 3.08. The number of benzene rings is 2. The van der Waals surface area contributed by atoms with Crippen LogP contribution in [0, 0.1) is 11.3 Å². The normalized spacial score (nSPS) is 22.4. The molecule has 2 heterocycles. The van der Waals surface area contributed by atoms with E-state index >= 15 is 0 Å². The van der Waals surface area contributed by atoms with Gasteiger partial charge in [-0.05, 0) is 25.1 Å². The lowest BCUT2D eigenvalue weighted by molar-refractivity contribution is -0.149. The van der Waals surface area contributed by atoms with Gasteiger partial charge in [-0.15, -0.1) is 11.8 Å². The summed E-state index contributed by atoms with van der Waals surface area (Å²) >= 11 is 1.31. The highest BCUT2D eigenvalue weighted by molar-refractivity contribution is 8.03. The fourth-order valence-corrected chi connectivity index (χ4v) is 5.63. The second kappa shape index (κ2) is 8.77. The first kappa shape index (κ1) is 22.1. The number of nitrogens with zero attached hydrogens (tertiary/aromatic N) is 2. The number of methoxy groups -OCH3 is 2. The molecule has 2 aliphatic heterocycles. The third kappa shape index (κ3) is 3.48. The number of carbonyl (C=O) groups is 1. The predicted molar refractivity (Wildman–Crippen MR) is 120 cm³/mol. The van der Waals surface area contributed by atoms with Crippen LogP contribution in [0.3, 0.4) is 0 Å². The number of fused-ring (bicyclic) bond motifs is 1. The van der Waals surface area contributed by atoms with Crippen molar-refractivity contribution in [1.82, 2.24) is 4.90 Å². The number of aliphatic hydroxyl groups is 1. The van der Waals surface area contributed by atoms with E-state index in [0.29, 0.717) is 45.6 Å². The van der Waals surface area contributed by atoms with Gasteiger partial charge < -0.3 is 19.3 Å². The average Bonchev–Trinajstić information content (AvgIpc) is 3.18. The molecule has 0 aliphatic carbocycles. The van der Waals surface area contributed by atoms with Crippen molar-refractivity contribution in [2.24, 2.45) is 0 Å². The standard InChI is InChI=1S/C24H24N2O5S/c1-4-31-16-10-8-15(9-11-16)24(28)14-32-23-19(13-25)18(12-21(27)26(23)24)17-6-5-7-20(29-2)22(17)30-3/h5-11,18,28H,4,12,14H2,1-3H3/t18-,24+/m0/s1. The molecule has 0 saturated carbocycles. The number of ether oxygens (including phenoxy) is 3. The molecule has 0 spiro atoms. The van der Waals surface area contributed by atoms with Gasteiger partial charge in [-0.2, -0.15) is 5.26 Å². The van der Waals surface area contributed by atoms with E-state index in [1.165, 1.54) is 23.8 Å². The molecule has 2 aromatic carbocycles. The fourth-order valence-electron chi connectivity index (χ4n) is 4.28. The Kier molecular flexibility index (Phi) is 6.04. The van der Waals surface area contributed by atoms with E-state index in [2.05, 4.69) is 6.07 Å². The monoisotopic (exact) mass is 452 g/mol. The topological polar surface area (TPSA) is 92.0 Å². The molecular weight excluding hydrogens is 428 g/mol. The molecule has 8 heteroatoms. The summed E-state index contributed by atoms with van der Waals surface area (Å²) < 4.78 is 16.4. The van der Waals surface area contributed by atoms with Crippen molar-refractivity contribution < 1.29 is 24.1 Å².